The summed E-state index contributed by atoms with van der Waals surface area (Å²) >= 11 is 1.65. The first-order valence-corrected chi connectivity index (χ1v) is 6.79. The maximum absolute atomic E-state index is 11.4. The Kier molecular flexibility index (Phi) is 4.46. The average Bonchev–Trinajstić information content (AvgIpc) is 2.83. The minimum absolute atomic E-state index is 0.350. The fourth-order valence-electron chi connectivity index (χ4n) is 1.48. The van der Waals surface area contributed by atoms with Gasteiger partial charge in [0.25, 0.3) is 0 Å². The lowest BCUT2D eigenvalue weighted by molar-refractivity contribution is 0.0526. The van der Waals surface area contributed by atoms with Crippen LogP contribution in [0.25, 0.3) is 0 Å². The van der Waals surface area contributed by atoms with Crippen LogP contribution >= 0.6 is 11.3 Å². The summed E-state index contributed by atoms with van der Waals surface area (Å²) in [6, 6.07) is 3.45. The predicted octanol–water partition coefficient (Wildman–Crippen LogP) is 2.64. The van der Waals surface area contributed by atoms with Gasteiger partial charge >= 0.3 is 5.97 Å². The number of carbonyl (C=O) groups excluding carboxylic acids is 1. The van der Waals surface area contributed by atoms with E-state index >= 15 is 0 Å². The Labute approximate surface area is 115 Å². The molecule has 0 aliphatic carbocycles. The molecular weight excluding hydrogens is 262 g/mol. The van der Waals surface area contributed by atoms with Gasteiger partial charge in [0, 0.05) is 17.3 Å². The molecule has 0 atom stereocenters. The number of nitrogens with zero attached hydrogens (tertiary/aromatic N) is 2. The maximum Gasteiger partial charge on any atom is 0.339 e. The highest BCUT2D eigenvalue weighted by Gasteiger charge is 2.06. The van der Waals surface area contributed by atoms with Crippen LogP contribution < -0.4 is 5.32 Å². The number of aryl methyl sites for hydroxylation is 1. The SMILES string of the molecule is CCOC(=O)c1ccc(NCc2ncc(C)s2)nc1. The monoisotopic (exact) mass is 277 g/mol. The van der Waals surface area contributed by atoms with E-state index in [9.17, 15) is 4.79 Å². The highest BCUT2D eigenvalue weighted by atomic mass is 32.1. The second kappa shape index (κ2) is 6.29. The third-order valence-corrected chi connectivity index (χ3v) is 3.28. The van der Waals surface area contributed by atoms with Gasteiger partial charge in [-0.25, -0.2) is 14.8 Å². The van der Waals surface area contributed by atoms with Gasteiger partial charge in [0.15, 0.2) is 0 Å². The number of pyridine rings is 1. The minimum Gasteiger partial charge on any atom is -0.462 e. The smallest absolute Gasteiger partial charge is 0.339 e. The molecule has 0 aromatic carbocycles. The number of hydrogen-bond acceptors (Lipinski definition) is 6. The summed E-state index contributed by atoms with van der Waals surface area (Å²) < 4.78 is 4.89. The molecule has 0 spiro atoms. The molecule has 2 aromatic heterocycles. The Morgan fingerprint density at radius 2 is 2.21 bits per heavy atom. The molecule has 2 heterocycles. The summed E-state index contributed by atoms with van der Waals surface area (Å²) in [6.07, 6.45) is 3.35. The normalized spacial score (nSPS) is 10.2. The van der Waals surface area contributed by atoms with Crippen LogP contribution in [-0.4, -0.2) is 22.5 Å². The number of hydrogen-bond donors (Lipinski definition) is 1. The Morgan fingerprint density at radius 1 is 1.37 bits per heavy atom. The molecule has 0 amide bonds. The highest BCUT2D eigenvalue weighted by molar-refractivity contribution is 7.11. The van der Waals surface area contributed by atoms with Gasteiger partial charge in [0.1, 0.15) is 10.8 Å². The first-order chi connectivity index (χ1) is 9.19. The van der Waals surface area contributed by atoms with Crippen molar-refractivity contribution in [1.82, 2.24) is 9.97 Å². The van der Waals surface area contributed by atoms with E-state index in [1.807, 2.05) is 13.1 Å². The first-order valence-electron chi connectivity index (χ1n) is 5.97. The van der Waals surface area contributed by atoms with Crippen molar-refractivity contribution >= 4 is 23.1 Å². The Morgan fingerprint density at radius 3 is 2.79 bits per heavy atom. The van der Waals surface area contributed by atoms with Gasteiger partial charge < -0.3 is 10.1 Å². The summed E-state index contributed by atoms with van der Waals surface area (Å²) in [6.45, 7) is 4.79. The van der Waals surface area contributed by atoms with Crippen LogP contribution in [0, 0.1) is 6.92 Å². The Bertz CT molecular complexity index is 551. The lowest BCUT2D eigenvalue weighted by atomic mass is 10.3. The molecule has 5 nitrogen and oxygen atoms in total. The Hall–Kier alpha value is -1.95. The molecule has 0 aliphatic rings. The molecule has 2 rings (SSSR count). The lowest BCUT2D eigenvalue weighted by Crippen LogP contribution is -2.06. The largest absolute Gasteiger partial charge is 0.462 e. The number of ether oxygens (including phenoxy) is 1. The first kappa shape index (κ1) is 13.5. The third kappa shape index (κ3) is 3.75. The predicted molar refractivity (Wildman–Crippen MR) is 74.4 cm³/mol. The summed E-state index contributed by atoms with van der Waals surface area (Å²) in [7, 11) is 0. The molecule has 1 N–H and O–H groups in total. The highest BCUT2D eigenvalue weighted by Crippen LogP contribution is 2.13. The van der Waals surface area contributed by atoms with E-state index in [1.54, 1.807) is 30.4 Å². The van der Waals surface area contributed by atoms with Crippen LogP contribution in [-0.2, 0) is 11.3 Å². The summed E-state index contributed by atoms with van der Waals surface area (Å²) in [5, 5.41) is 4.17. The number of esters is 1. The number of nitrogens with one attached hydrogen (secondary N) is 1. The summed E-state index contributed by atoms with van der Waals surface area (Å²) in [4.78, 5) is 21.1. The van der Waals surface area contributed by atoms with Crippen molar-refractivity contribution < 1.29 is 9.53 Å². The van der Waals surface area contributed by atoms with Crippen LogP contribution in [0.15, 0.2) is 24.5 Å². The minimum atomic E-state index is -0.350. The fourth-order valence-corrected chi connectivity index (χ4v) is 2.21. The molecule has 0 bridgehead atoms. The van der Waals surface area contributed by atoms with Crippen molar-refractivity contribution in [3.05, 3.63) is 40.0 Å². The molecular formula is C13H15N3O2S. The van der Waals surface area contributed by atoms with Crippen LogP contribution in [0.4, 0.5) is 5.82 Å². The third-order valence-electron chi connectivity index (χ3n) is 2.36. The van der Waals surface area contributed by atoms with E-state index in [-0.39, 0.29) is 5.97 Å². The zero-order chi connectivity index (χ0) is 13.7. The van der Waals surface area contributed by atoms with Gasteiger partial charge in [0.05, 0.1) is 18.7 Å². The van der Waals surface area contributed by atoms with Gasteiger partial charge in [0.2, 0.25) is 0 Å². The molecule has 0 saturated heterocycles. The van der Waals surface area contributed by atoms with Crippen molar-refractivity contribution in [2.75, 3.05) is 11.9 Å². The molecule has 0 saturated carbocycles. The van der Waals surface area contributed by atoms with Gasteiger partial charge in [-0.05, 0) is 26.0 Å². The molecule has 100 valence electrons. The molecule has 0 unspecified atom stereocenters. The van der Waals surface area contributed by atoms with Gasteiger partial charge in [-0.1, -0.05) is 0 Å². The second-order valence-electron chi connectivity index (χ2n) is 3.87. The van der Waals surface area contributed by atoms with Gasteiger partial charge in [-0.15, -0.1) is 11.3 Å². The van der Waals surface area contributed by atoms with Crippen LogP contribution in [0.3, 0.4) is 0 Å². The molecule has 19 heavy (non-hydrogen) atoms. The zero-order valence-electron chi connectivity index (χ0n) is 10.8. The summed E-state index contributed by atoms with van der Waals surface area (Å²) in [5.41, 5.74) is 0.456. The standard InChI is InChI=1S/C13H15N3O2S/c1-3-18-13(17)10-4-5-11(14-7-10)15-8-12-16-6-9(2)19-12/h4-7H,3,8H2,1-2H3,(H,14,15). The number of thiazole rings is 1. The van der Waals surface area contributed by atoms with E-state index < -0.39 is 0 Å². The topological polar surface area (TPSA) is 64.1 Å². The number of rotatable bonds is 5. The van der Waals surface area contributed by atoms with E-state index in [1.165, 1.54) is 11.1 Å². The molecule has 0 radical (unpaired) electrons. The van der Waals surface area contributed by atoms with Gasteiger partial charge in [-0.3, -0.25) is 0 Å². The van der Waals surface area contributed by atoms with Crippen LogP contribution in [0.2, 0.25) is 0 Å². The van der Waals surface area contributed by atoms with Crippen LogP contribution in [0.5, 0.6) is 0 Å². The molecule has 2 aromatic rings. The summed E-state index contributed by atoms with van der Waals surface area (Å²) in [5.74, 6) is 0.359. The van der Waals surface area contributed by atoms with Crippen molar-refractivity contribution in [2.24, 2.45) is 0 Å². The zero-order valence-corrected chi connectivity index (χ0v) is 11.7. The van der Waals surface area contributed by atoms with Crippen molar-refractivity contribution in [3.8, 4) is 0 Å². The van der Waals surface area contributed by atoms with Crippen molar-refractivity contribution in [2.45, 2.75) is 20.4 Å². The number of carbonyl (C=O) groups is 1. The number of aromatic nitrogens is 2. The lowest BCUT2D eigenvalue weighted by Gasteiger charge is -2.04. The van der Waals surface area contributed by atoms with Crippen molar-refractivity contribution in [3.63, 3.8) is 0 Å². The van der Waals surface area contributed by atoms with Crippen molar-refractivity contribution in [1.29, 1.82) is 0 Å². The quantitative estimate of drug-likeness (QED) is 0.851. The van der Waals surface area contributed by atoms with E-state index in [4.69, 9.17) is 4.74 Å². The van der Waals surface area contributed by atoms with E-state index in [0.717, 1.165) is 5.01 Å². The molecule has 6 heteroatoms. The van der Waals surface area contributed by atoms with Crippen LogP contribution in [0.1, 0.15) is 27.2 Å². The average molecular weight is 277 g/mol. The molecule has 0 fully saturated rings. The van der Waals surface area contributed by atoms with E-state index in [2.05, 4.69) is 15.3 Å². The van der Waals surface area contributed by atoms with Gasteiger partial charge in [-0.2, -0.15) is 0 Å². The fraction of sp³-hybridized carbons (Fsp3) is 0.308. The maximum atomic E-state index is 11.4. The molecule has 0 aliphatic heterocycles. The number of anilines is 1. The second-order valence-corrected chi connectivity index (χ2v) is 5.19. The Balaban J connectivity index is 1.93. The van der Waals surface area contributed by atoms with E-state index in [0.29, 0.717) is 24.5 Å².